The Hall–Kier alpha value is -2.92. The summed E-state index contributed by atoms with van der Waals surface area (Å²) < 4.78 is 6.38. The molecule has 1 saturated carbocycles. The van der Waals surface area contributed by atoms with E-state index in [1.165, 1.54) is 24.8 Å². The third-order valence-electron chi connectivity index (χ3n) is 7.35. The van der Waals surface area contributed by atoms with Gasteiger partial charge >= 0.3 is 0 Å². The van der Waals surface area contributed by atoms with Crippen LogP contribution in [-0.4, -0.2) is 41.0 Å². The smallest absolute Gasteiger partial charge is 0.231 e. The van der Waals surface area contributed by atoms with Crippen molar-refractivity contribution in [2.75, 3.05) is 18.0 Å². The molecule has 0 atom stereocenters. The Kier molecular flexibility index (Phi) is 5.07. The first kappa shape index (κ1) is 19.7. The quantitative estimate of drug-likeness (QED) is 0.571. The monoisotopic (exact) mass is 427 g/mol. The molecule has 0 radical (unpaired) electrons. The molecule has 6 rings (SSSR count). The van der Waals surface area contributed by atoms with E-state index in [0.29, 0.717) is 6.42 Å². The fourth-order valence-corrected chi connectivity index (χ4v) is 5.31. The van der Waals surface area contributed by atoms with Crippen molar-refractivity contribution in [3.63, 3.8) is 0 Å². The third-order valence-corrected chi connectivity index (χ3v) is 7.35. The lowest BCUT2D eigenvalue weighted by molar-refractivity contribution is -0.118. The third kappa shape index (κ3) is 3.65. The standard InChI is InChI=1S/C27H29N3O2/c31-27-11-8-20-17-24(32-23-12-14-29(15-13-23)21-5-3-6-21)9-10-26(20)30(27)22-16-19-4-1-2-7-25(19)28-18-22/h1-2,4,7,9-10,16-18,21,23H,3,5-6,8,11-15H2. The number of amides is 1. The highest BCUT2D eigenvalue weighted by Gasteiger charge is 2.30. The van der Waals surface area contributed by atoms with Crippen LogP contribution in [0.5, 0.6) is 5.75 Å². The van der Waals surface area contributed by atoms with E-state index in [2.05, 4.69) is 22.0 Å². The molecule has 3 heterocycles. The lowest BCUT2D eigenvalue weighted by Crippen LogP contribution is -2.46. The lowest BCUT2D eigenvalue weighted by atomic mass is 9.90. The normalized spacial score (nSPS) is 20.2. The second kappa shape index (κ2) is 8.21. The molecule has 1 aromatic heterocycles. The number of piperidine rings is 1. The summed E-state index contributed by atoms with van der Waals surface area (Å²) in [6.45, 7) is 2.30. The van der Waals surface area contributed by atoms with Crippen molar-refractivity contribution >= 4 is 28.2 Å². The first-order valence-corrected chi connectivity index (χ1v) is 12.0. The second-order valence-corrected chi connectivity index (χ2v) is 9.34. The van der Waals surface area contributed by atoms with Gasteiger partial charge < -0.3 is 9.64 Å². The fraction of sp³-hybridized carbons (Fsp3) is 0.407. The number of hydrogen-bond acceptors (Lipinski definition) is 4. The van der Waals surface area contributed by atoms with Gasteiger partial charge in [0.25, 0.3) is 0 Å². The molecule has 3 aromatic rings. The Bertz CT molecular complexity index is 1150. The van der Waals surface area contributed by atoms with Crippen molar-refractivity contribution in [2.24, 2.45) is 0 Å². The molecule has 2 fully saturated rings. The minimum absolute atomic E-state index is 0.117. The van der Waals surface area contributed by atoms with Gasteiger partial charge in [-0.15, -0.1) is 0 Å². The predicted octanol–water partition coefficient (Wildman–Crippen LogP) is 5.24. The number of anilines is 2. The molecule has 2 aromatic carbocycles. The van der Waals surface area contributed by atoms with E-state index in [1.54, 1.807) is 6.20 Å². The lowest BCUT2D eigenvalue weighted by Gasteiger charge is -2.41. The molecule has 3 aliphatic rings. The van der Waals surface area contributed by atoms with Crippen LogP contribution in [0.3, 0.4) is 0 Å². The Morgan fingerprint density at radius 3 is 2.59 bits per heavy atom. The topological polar surface area (TPSA) is 45.7 Å². The fourth-order valence-electron chi connectivity index (χ4n) is 5.31. The van der Waals surface area contributed by atoms with Gasteiger partial charge in [-0.25, -0.2) is 0 Å². The largest absolute Gasteiger partial charge is 0.490 e. The SMILES string of the molecule is O=C1CCc2cc(OC3CCN(C4CCC4)CC3)ccc2N1c1cnc2ccccc2c1. The minimum atomic E-state index is 0.117. The van der Waals surface area contributed by atoms with Crippen LogP contribution in [0.15, 0.2) is 54.7 Å². The number of carbonyl (C=O) groups excluding carboxylic acids is 1. The molecule has 5 heteroatoms. The van der Waals surface area contributed by atoms with E-state index >= 15 is 0 Å². The molecule has 5 nitrogen and oxygen atoms in total. The minimum Gasteiger partial charge on any atom is -0.490 e. The van der Waals surface area contributed by atoms with Crippen molar-refractivity contribution in [2.45, 2.75) is 57.1 Å². The maximum Gasteiger partial charge on any atom is 0.231 e. The highest BCUT2D eigenvalue weighted by molar-refractivity contribution is 6.04. The molecule has 0 spiro atoms. The maximum atomic E-state index is 12.9. The zero-order chi connectivity index (χ0) is 21.5. The summed E-state index contributed by atoms with van der Waals surface area (Å²) in [4.78, 5) is 21.9. The molecule has 0 bridgehead atoms. The first-order valence-electron chi connectivity index (χ1n) is 12.0. The molecule has 32 heavy (non-hydrogen) atoms. The van der Waals surface area contributed by atoms with Crippen molar-refractivity contribution in [1.82, 2.24) is 9.88 Å². The molecule has 0 N–H and O–H groups in total. The van der Waals surface area contributed by atoms with Gasteiger partial charge in [0.15, 0.2) is 0 Å². The van der Waals surface area contributed by atoms with E-state index < -0.39 is 0 Å². The van der Waals surface area contributed by atoms with E-state index in [1.807, 2.05) is 41.3 Å². The number of para-hydroxylation sites is 1. The number of pyridine rings is 1. The summed E-state index contributed by atoms with van der Waals surface area (Å²) in [6.07, 6.45) is 9.68. The number of hydrogen-bond donors (Lipinski definition) is 0. The molecule has 0 unspecified atom stereocenters. The number of rotatable bonds is 4. The second-order valence-electron chi connectivity index (χ2n) is 9.34. The van der Waals surface area contributed by atoms with E-state index in [0.717, 1.165) is 66.4 Å². The number of likely N-dealkylation sites (tertiary alicyclic amines) is 1. The van der Waals surface area contributed by atoms with E-state index in [4.69, 9.17) is 4.74 Å². The molecule has 1 saturated heterocycles. The van der Waals surface area contributed by atoms with Crippen molar-refractivity contribution < 1.29 is 9.53 Å². The van der Waals surface area contributed by atoms with Crippen LogP contribution in [0.25, 0.3) is 10.9 Å². The maximum absolute atomic E-state index is 12.9. The number of nitrogens with zero attached hydrogens (tertiary/aromatic N) is 3. The van der Waals surface area contributed by atoms with Gasteiger partial charge in [0.1, 0.15) is 11.9 Å². The van der Waals surface area contributed by atoms with Crippen LogP contribution in [0.2, 0.25) is 0 Å². The molecular weight excluding hydrogens is 398 g/mol. The molecule has 164 valence electrons. The van der Waals surface area contributed by atoms with Gasteiger partial charge in [0.2, 0.25) is 5.91 Å². The van der Waals surface area contributed by atoms with Gasteiger partial charge in [0.05, 0.1) is 23.1 Å². The summed E-state index contributed by atoms with van der Waals surface area (Å²) in [5.41, 5.74) is 3.88. The number of aromatic nitrogens is 1. The number of carbonyl (C=O) groups is 1. The average Bonchev–Trinajstić information content (AvgIpc) is 2.79. The number of ether oxygens (including phenoxy) is 1. The Balaban J connectivity index is 1.21. The summed E-state index contributed by atoms with van der Waals surface area (Å²) in [5.74, 6) is 1.04. The van der Waals surface area contributed by atoms with Gasteiger partial charge in [-0.05, 0) is 68.0 Å². The number of fused-ring (bicyclic) bond motifs is 2. The van der Waals surface area contributed by atoms with Crippen molar-refractivity contribution in [1.29, 1.82) is 0 Å². The van der Waals surface area contributed by atoms with E-state index in [9.17, 15) is 4.79 Å². The van der Waals surface area contributed by atoms with E-state index in [-0.39, 0.29) is 12.0 Å². The Labute approximate surface area is 189 Å². The van der Waals surface area contributed by atoms with Crippen LogP contribution >= 0.6 is 0 Å². The van der Waals surface area contributed by atoms with Crippen molar-refractivity contribution in [3.05, 3.63) is 60.3 Å². The van der Waals surface area contributed by atoms with Crippen molar-refractivity contribution in [3.8, 4) is 5.75 Å². The summed E-state index contributed by atoms with van der Waals surface area (Å²) in [5, 5.41) is 1.04. The van der Waals surface area contributed by atoms with Crippen LogP contribution in [0.4, 0.5) is 11.4 Å². The van der Waals surface area contributed by atoms with Crippen LogP contribution < -0.4 is 9.64 Å². The van der Waals surface area contributed by atoms with Crippen LogP contribution in [-0.2, 0) is 11.2 Å². The molecule has 1 aliphatic carbocycles. The summed E-state index contributed by atoms with van der Waals surface area (Å²) >= 11 is 0. The number of benzene rings is 2. The van der Waals surface area contributed by atoms with Gasteiger partial charge in [0, 0.05) is 30.9 Å². The Morgan fingerprint density at radius 2 is 1.78 bits per heavy atom. The van der Waals surface area contributed by atoms with Crippen LogP contribution in [0, 0.1) is 0 Å². The Morgan fingerprint density at radius 1 is 0.938 bits per heavy atom. The predicted molar refractivity (Wildman–Crippen MR) is 127 cm³/mol. The number of aryl methyl sites for hydroxylation is 1. The molecular formula is C27H29N3O2. The van der Waals surface area contributed by atoms with Gasteiger partial charge in [-0.1, -0.05) is 24.6 Å². The average molecular weight is 428 g/mol. The summed E-state index contributed by atoms with van der Waals surface area (Å²) in [6, 6.07) is 17.1. The van der Waals surface area contributed by atoms with Gasteiger partial charge in [-0.2, -0.15) is 0 Å². The molecule has 1 amide bonds. The highest BCUT2D eigenvalue weighted by Crippen LogP contribution is 2.37. The summed E-state index contributed by atoms with van der Waals surface area (Å²) in [7, 11) is 0. The zero-order valence-electron chi connectivity index (χ0n) is 18.4. The zero-order valence-corrected chi connectivity index (χ0v) is 18.4. The molecule has 2 aliphatic heterocycles. The van der Waals surface area contributed by atoms with Gasteiger partial charge in [-0.3, -0.25) is 14.7 Å². The first-order chi connectivity index (χ1) is 15.7. The van der Waals surface area contributed by atoms with Crippen LogP contribution in [0.1, 0.15) is 44.1 Å². The highest BCUT2D eigenvalue weighted by atomic mass is 16.5.